The van der Waals surface area contributed by atoms with E-state index in [1.165, 1.54) is 0 Å². The minimum atomic E-state index is -0.631. The van der Waals surface area contributed by atoms with Crippen LogP contribution in [0.15, 0.2) is 54.7 Å². The predicted molar refractivity (Wildman–Crippen MR) is 163 cm³/mol. The summed E-state index contributed by atoms with van der Waals surface area (Å²) >= 11 is 0. The largest absolute Gasteiger partial charge is 0.495 e. The topological polar surface area (TPSA) is 87.6 Å². The first-order chi connectivity index (χ1) is 19.8. The van der Waals surface area contributed by atoms with Crippen LogP contribution in [-0.2, 0) is 10.2 Å². The third kappa shape index (κ3) is 6.40. The fraction of sp³-hybridized carbons (Fsp3) is 0.500. The van der Waals surface area contributed by atoms with E-state index in [1.807, 2.05) is 50.3 Å². The molecule has 0 saturated heterocycles. The summed E-state index contributed by atoms with van der Waals surface area (Å²) in [4.78, 5) is 25.3. The Bertz CT molecular complexity index is 1320. The molecule has 7 nitrogen and oxygen atoms in total. The molecule has 2 saturated carbocycles. The quantitative estimate of drug-likeness (QED) is 0.365. The monoisotopic (exact) mass is 556 g/mol. The van der Waals surface area contributed by atoms with E-state index in [0.717, 1.165) is 65.3 Å². The van der Waals surface area contributed by atoms with Crippen molar-refractivity contribution in [3.8, 4) is 16.9 Å². The Hall–Kier alpha value is -3.45. The van der Waals surface area contributed by atoms with E-state index in [9.17, 15) is 9.90 Å². The fourth-order valence-corrected chi connectivity index (χ4v) is 6.64. The molecule has 2 N–H and O–H groups in total. The molecule has 1 amide bonds. The highest BCUT2D eigenvalue weighted by molar-refractivity contribution is 5.89. The number of rotatable bonds is 8. The Labute approximate surface area is 244 Å². The van der Waals surface area contributed by atoms with E-state index in [0.29, 0.717) is 44.1 Å². The van der Waals surface area contributed by atoms with E-state index in [-0.39, 0.29) is 12.0 Å². The number of aliphatic hydroxyl groups is 1. The first-order valence-electron chi connectivity index (χ1n) is 15.0. The molecule has 0 radical (unpaired) electrons. The van der Waals surface area contributed by atoms with Crippen molar-refractivity contribution in [2.45, 2.75) is 75.7 Å². The van der Waals surface area contributed by atoms with Crippen molar-refractivity contribution in [3.63, 3.8) is 0 Å². The van der Waals surface area contributed by atoms with Crippen LogP contribution in [0, 0.1) is 12.8 Å². The van der Waals surface area contributed by atoms with Gasteiger partial charge in [0, 0.05) is 44.0 Å². The maximum Gasteiger partial charge on any atom is 0.230 e. The zero-order valence-corrected chi connectivity index (χ0v) is 24.9. The van der Waals surface area contributed by atoms with Crippen molar-refractivity contribution in [2.24, 2.45) is 5.92 Å². The third-order valence-corrected chi connectivity index (χ3v) is 9.29. The van der Waals surface area contributed by atoms with Gasteiger partial charge in [0.1, 0.15) is 11.6 Å². The molecule has 7 heteroatoms. The van der Waals surface area contributed by atoms with Crippen LogP contribution in [0.5, 0.6) is 5.75 Å². The van der Waals surface area contributed by atoms with E-state index >= 15 is 0 Å². The number of carbonyl (C=O) groups excluding carboxylic acids is 1. The van der Waals surface area contributed by atoms with Crippen molar-refractivity contribution in [3.05, 3.63) is 71.7 Å². The number of pyridine rings is 2. The molecule has 218 valence electrons. The first-order valence-corrected chi connectivity index (χ1v) is 15.0. The van der Waals surface area contributed by atoms with Crippen molar-refractivity contribution >= 4 is 11.7 Å². The summed E-state index contributed by atoms with van der Waals surface area (Å²) in [5.41, 5.74) is 4.57. The smallest absolute Gasteiger partial charge is 0.230 e. The molecule has 5 rings (SSSR count). The Morgan fingerprint density at radius 1 is 1.02 bits per heavy atom. The third-order valence-electron chi connectivity index (χ3n) is 9.29. The van der Waals surface area contributed by atoms with Crippen molar-refractivity contribution < 1.29 is 14.6 Å². The van der Waals surface area contributed by atoms with Gasteiger partial charge < -0.3 is 20.1 Å². The second-order valence-electron chi connectivity index (χ2n) is 12.1. The van der Waals surface area contributed by atoms with Crippen LogP contribution in [0.2, 0.25) is 0 Å². The van der Waals surface area contributed by atoms with Crippen LogP contribution in [0.3, 0.4) is 0 Å². The van der Waals surface area contributed by atoms with Crippen molar-refractivity contribution in [1.29, 1.82) is 0 Å². The number of hydrogen-bond donors (Lipinski definition) is 2. The summed E-state index contributed by atoms with van der Waals surface area (Å²) in [5, 5.41) is 13.7. The summed E-state index contributed by atoms with van der Waals surface area (Å²) in [7, 11) is 5.64. The average Bonchev–Trinajstić information content (AvgIpc) is 3.00. The molecular formula is C34H44N4O3. The number of nitrogens with one attached hydrogen (secondary N) is 1. The number of aromatic nitrogens is 2. The number of anilines is 1. The Morgan fingerprint density at radius 3 is 2.41 bits per heavy atom. The van der Waals surface area contributed by atoms with Crippen molar-refractivity contribution in [2.75, 3.05) is 32.6 Å². The lowest BCUT2D eigenvalue weighted by atomic mass is 9.67. The van der Waals surface area contributed by atoms with Gasteiger partial charge in [0.2, 0.25) is 5.91 Å². The molecule has 0 spiro atoms. The maximum atomic E-state index is 14.0. The van der Waals surface area contributed by atoms with Gasteiger partial charge in [0.25, 0.3) is 0 Å². The van der Waals surface area contributed by atoms with E-state index < -0.39 is 5.41 Å². The number of benzene rings is 1. The molecule has 2 fully saturated rings. The summed E-state index contributed by atoms with van der Waals surface area (Å²) in [6.07, 6.45) is 8.44. The minimum Gasteiger partial charge on any atom is -0.495 e. The fourth-order valence-electron chi connectivity index (χ4n) is 6.64. The molecule has 2 aliphatic carbocycles. The Morgan fingerprint density at radius 2 is 1.78 bits per heavy atom. The first kappa shape index (κ1) is 29.1. The van der Waals surface area contributed by atoms with Crippen LogP contribution < -0.4 is 15.0 Å². The predicted octanol–water partition coefficient (Wildman–Crippen LogP) is 5.79. The number of hydrogen-bond acceptors (Lipinski definition) is 6. The lowest BCUT2D eigenvalue weighted by Crippen LogP contribution is -2.48. The second-order valence-corrected chi connectivity index (χ2v) is 12.1. The minimum absolute atomic E-state index is 0.0946. The lowest BCUT2D eigenvalue weighted by molar-refractivity contribution is -0.129. The van der Waals surface area contributed by atoms with Gasteiger partial charge in [-0.15, -0.1) is 0 Å². The summed E-state index contributed by atoms with van der Waals surface area (Å²) in [6, 6.07) is 16.6. The van der Waals surface area contributed by atoms with Gasteiger partial charge in [-0.3, -0.25) is 9.78 Å². The van der Waals surface area contributed by atoms with E-state index in [1.54, 1.807) is 7.11 Å². The molecular weight excluding hydrogens is 512 g/mol. The van der Waals surface area contributed by atoms with Gasteiger partial charge in [-0.1, -0.05) is 24.3 Å². The van der Waals surface area contributed by atoms with Gasteiger partial charge in [0.15, 0.2) is 0 Å². The lowest BCUT2D eigenvalue weighted by Gasteiger charge is -2.39. The molecule has 0 atom stereocenters. The molecule has 0 aliphatic heterocycles. The maximum absolute atomic E-state index is 14.0. The van der Waals surface area contributed by atoms with Crippen LogP contribution in [0.25, 0.3) is 11.1 Å². The highest BCUT2D eigenvalue weighted by Gasteiger charge is 2.43. The number of nitrogens with zero attached hydrogens (tertiary/aromatic N) is 3. The van der Waals surface area contributed by atoms with Crippen LogP contribution in [0.4, 0.5) is 5.82 Å². The number of aryl methyl sites for hydroxylation is 1. The molecule has 41 heavy (non-hydrogen) atoms. The SMILES string of the molecule is COc1ccc([C@H]2CC[C@H](CNC(=O)C3(c4cccc(-c5ccc(N(C)C)nc5)c4)CCC(O)CC3)CC2)nc1C. The van der Waals surface area contributed by atoms with Crippen LogP contribution in [-0.4, -0.2) is 54.8 Å². The zero-order valence-electron chi connectivity index (χ0n) is 24.9. The molecule has 2 heterocycles. The number of amides is 1. The standard InChI is InChI=1S/C34H44N4O3/c1-23-31(41-4)14-13-30(37-23)25-10-8-24(9-11-25)21-36-33(40)34(18-16-29(39)17-19-34)28-7-5-6-26(20-28)27-12-15-32(35-22-27)38(2)3/h5-7,12-15,20,22,24-25,29,39H,8-11,16-19,21H2,1-4H3,(H,36,40)/t24-,25-,29?,34?. The molecule has 2 aliphatic rings. The number of ether oxygens (including phenoxy) is 1. The second kappa shape index (κ2) is 12.6. The van der Waals surface area contributed by atoms with Gasteiger partial charge in [-0.25, -0.2) is 4.98 Å². The molecule has 1 aromatic carbocycles. The summed E-state index contributed by atoms with van der Waals surface area (Å²) in [6.45, 7) is 2.69. The molecule has 3 aromatic rings. The number of methoxy groups -OCH3 is 1. The summed E-state index contributed by atoms with van der Waals surface area (Å²) in [5.74, 6) is 2.76. The van der Waals surface area contributed by atoms with Gasteiger partial charge >= 0.3 is 0 Å². The highest BCUT2D eigenvalue weighted by Crippen LogP contribution is 2.42. The Balaban J connectivity index is 1.26. The number of aliphatic hydroxyl groups excluding tert-OH is 1. The number of carbonyl (C=O) groups is 1. The van der Waals surface area contributed by atoms with Crippen molar-refractivity contribution in [1.82, 2.24) is 15.3 Å². The van der Waals surface area contributed by atoms with Crippen LogP contribution >= 0.6 is 0 Å². The van der Waals surface area contributed by atoms with Gasteiger partial charge in [-0.05, 0) is 99.6 Å². The van der Waals surface area contributed by atoms with Gasteiger partial charge in [0.05, 0.1) is 24.3 Å². The highest BCUT2D eigenvalue weighted by atomic mass is 16.5. The van der Waals surface area contributed by atoms with E-state index in [4.69, 9.17) is 9.72 Å². The molecule has 2 aromatic heterocycles. The van der Waals surface area contributed by atoms with Crippen LogP contribution in [0.1, 0.15) is 74.2 Å². The molecule has 0 unspecified atom stereocenters. The summed E-state index contributed by atoms with van der Waals surface area (Å²) < 4.78 is 5.37. The normalized spacial score (nSPS) is 24.5. The van der Waals surface area contributed by atoms with Gasteiger partial charge in [-0.2, -0.15) is 0 Å². The molecule has 0 bridgehead atoms. The van der Waals surface area contributed by atoms with E-state index in [2.05, 4.69) is 40.6 Å². The average molecular weight is 557 g/mol. The Kier molecular flexibility index (Phi) is 8.93. The zero-order chi connectivity index (χ0) is 29.0.